The molecule has 1 amide bonds. The summed E-state index contributed by atoms with van der Waals surface area (Å²) in [6.07, 6.45) is -5.72. The molecule has 106 valence electrons. The number of halogens is 3. The SMILES string of the molecule is CC1NC(c2cccs2)N(C(C)CC(F)(F)F)C1=O. The van der Waals surface area contributed by atoms with Gasteiger partial charge in [-0.25, -0.2) is 0 Å². The minimum absolute atomic E-state index is 0.282. The molecule has 0 aliphatic carbocycles. The first kappa shape index (κ1) is 14.3. The summed E-state index contributed by atoms with van der Waals surface area (Å²) in [6, 6.07) is 2.31. The predicted octanol–water partition coefficient (Wildman–Crippen LogP) is 2.91. The molecule has 1 fully saturated rings. The molecule has 0 saturated carbocycles. The smallest absolute Gasteiger partial charge is 0.318 e. The number of carbonyl (C=O) groups excluding carboxylic acids is 1. The van der Waals surface area contributed by atoms with Crippen molar-refractivity contribution in [3.63, 3.8) is 0 Å². The lowest BCUT2D eigenvalue weighted by atomic mass is 10.1. The Morgan fingerprint density at radius 1 is 1.53 bits per heavy atom. The van der Waals surface area contributed by atoms with Gasteiger partial charge in [0.2, 0.25) is 5.91 Å². The van der Waals surface area contributed by atoms with Crippen LogP contribution in [0.15, 0.2) is 17.5 Å². The van der Waals surface area contributed by atoms with Crippen LogP contribution in [0.3, 0.4) is 0 Å². The van der Waals surface area contributed by atoms with E-state index in [1.807, 2.05) is 17.5 Å². The summed E-state index contributed by atoms with van der Waals surface area (Å²) in [5.74, 6) is -0.282. The molecule has 3 atom stereocenters. The van der Waals surface area contributed by atoms with Gasteiger partial charge in [0.25, 0.3) is 0 Å². The lowest BCUT2D eigenvalue weighted by Gasteiger charge is -2.30. The lowest BCUT2D eigenvalue weighted by Crippen LogP contribution is -2.40. The fourth-order valence-electron chi connectivity index (χ4n) is 2.31. The summed E-state index contributed by atoms with van der Waals surface area (Å²) in [5.41, 5.74) is 0. The molecule has 2 rings (SSSR count). The molecule has 1 saturated heterocycles. The number of alkyl halides is 3. The summed E-state index contributed by atoms with van der Waals surface area (Å²) >= 11 is 1.43. The number of thiophene rings is 1. The van der Waals surface area contributed by atoms with Gasteiger partial charge in [-0.3, -0.25) is 10.1 Å². The predicted molar refractivity (Wildman–Crippen MR) is 66.6 cm³/mol. The van der Waals surface area contributed by atoms with Crippen LogP contribution in [-0.4, -0.2) is 29.1 Å². The van der Waals surface area contributed by atoms with E-state index in [4.69, 9.17) is 0 Å². The Hall–Kier alpha value is -1.08. The Kier molecular flexibility index (Phi) is 3.87. The van der Waals surface area contributed by atoms with Gasteiger partial charge in [0.05, 0.1) is 12.5 Å². The summed E-state index contributed by atoms with van der Waals surface area (Å²) < 4.78 is 37.5. The van der Waals surface area contributed by atoms with Crippen molar-refractivity contribution in [1.82, 2.24) is 10.2 Å². The molecule has 19 heavy (non-hydrogen) atoms. The van der Waals surface area contributed by atoms with Crippen LogP contribution >= 0.6 is 11.3 Å². The monoisotopic (exact) mass is 292 g/mol. The molecular formula is C12H15F3N2OS. The molecule has 0 aromatic carbocycles. The Bertz CT molecular complexity index is 446. The third kappa shape index (κ3) is 3.09. The van der Waals surface area contributed by atoms with Crippen LogP contribution in [-0.2, 0) is 4.79 Å². The standard InChI is InChI=1S/C12H15F3N2OS/c1-7(6-12(13,14)15)17-10(9-4-3-5-19-9)16-8(2)11(17)18/h3-5,7-8,10,16H,6H2,1-2H3. The molecule has 0 radical (unpaired) electrons. The number of amides is 1. The highest BCUT2D eigenvalue weighted by atomic mass is 32.1. The quantitative estimate of drug-likeness (QED) is 0.929. The number of nitrogens with zero attached hydrogens (tertiary/aromatic N) is 1. The van der Waals surface area contributed by atoms with Crippen molar-refractivity contribution in [2.24, 2.45) is 0 Å². The zero-order valence-corrected chi connectivity index (χ0v) is 11.4. The maximum Gasteiger partial charge on any atom is 0.391 e. The maximum atomic E-state index is 12.5. The van der Waals surface area contributed by atoms with Gasteiger partial charge >= 0.3 is 6.18 Å². The first-order valence-corrected chi connectivity index (χ1v) is 6.86. The van der Waals surface area contributed by atoms with Crippen molar-refractivity contribution in [2.75, 3.05) is 0 Å². The third-order valence-electron chi connectivity index (χ3n) is 3.13. The van der Waals surface area contributed by atoms with E-state index in [0.717, 1.165) is 4.88 Å². The highest BCUT2D eigenvalue weighted by Gasteiger charge is 2.43. The van der Waals surface area contributed by atoms with E-state index in [1.165, 1.54) is 23.2 Å². The normalized spacial score (nSPS) is 25.9. The van der Waals surface area contributed by atoms with Crippen molar-refractivity contribution in [1.29, 1.82) is 0 Å². The average Bonchev–Trinajstić information content (AvgIpc) is 2.85. The molecule has 3 unspecified atom stereocenters. The molecule has 3 nitrogen and oxygen atoms in total. The number of hydrogen-bond donors (Lipinski definition) is 1. The van der Waals surface area contributed by atoms with Crippen molar-refractivity contribution >= 4 is 17.2 Å². The molecule has 1 aliphatic heterocycles. The molecule has 0 spiro atoms. The zero-order valence-electron chi connectivity index (χ0n) is 10.6. The van der Waals surface area contributed by atoms with E-state index in [9.17, 15) is 18.0 Å². The van der Waals surface area contributed by atoms with Crippen LogP contribution in [0, 0.1) is 0 Å². The fraction of sp³-hybridized carbons (Fsp3) is 0.583. The largest absolute Gasteiger partial charge is 0.391 e. The van der Waals surface area contributed by atoms with Gasteiger partial charge < -0.3 is 4.90 Å². The first-order chi connectivity index (χ1) is 8.79. The topological polar surface area (TPSA) is 32.3 Å². The van der Waals surface area contributed by atoms with Crippen LogP contribution in [0.5, 0.6) is 0 Å². The minimum atomic E-state index is -4.27. The molecule has 1 N–H and O–H groups in total. The maximum absolute atomic E-state index is 12.5. The number of nitrogens with one attached hydrogen (secondary N) is 1. The number of hydrogen-bond acceptors (Lipinski definition) is 3. The van der Waals surface area contributed by atoms with Gasteiger partial charge in [-0.1, -0.05) is 6.07 Å². The van der Waals surface area contributed by atoms with E-state index in [2.05, 4.69) is 5.32 Å². The molecule has 7 heteroatoms. The van der Waals surface area contributed by atoms with Gasteiger partial charge in [-0.15, -0.1) is 11.3 Å². The molecule has 0 bridgehead atoms. The summed E-state index contributed by atoms with van der Waals surface area (Å²) in [6.45, 7) is 3.11. The van der Waals surface area contributed by atoms with E-state index in [1.54, 1.807) is 6.92 Å². The van der Waals surface area contributed by atoms with E-state index in [-0.39, 0.29) is 5.91 Å². The van der Waals surface area contributed by atoms with Gasteiger partial charge in [0, 0.05) is 10.9 Å². The summed E-state index contributed by atoms with van der Waals surface area (Å²) in [7, 11) is 0. The average molecular weight is 292 g/mol. The van der Waals surface area contributed by atoms with Crippen LogP contribution < -0.4 is 5.32 Å². The molecule has 1 aromatic rings. The first-order valence-electron chi connectivity index (χ1n) is 5.98. The van der Waals surface area contributed by atoms with E-state index >= 15 is 0 Å². The van der Waals surface area contributed by atoms with Crippen LogP contribution in [0.2, 0.25) is 0 Å². The Morgan fingerprint density at radius 3 is 2.74 bits per heavy atom. The van der Waals surface area contributed by atoms with Gasteiger partial charge in [0.1, 0.15) is 6.17 Å². The van der Waals surface area contributed by atoms with Crippen LogP contribution in [0.1, 0.15) is 31.3 Å². The molecule has 1 aliphatic rings. The van der Waals surface area contributed by atoms with Crippen molar-refractivity contribution in [2.45, 2.75) is 44.7 Å². The Labute approximate surface area is 113 Å². The summed E-state index contributed by atoms with van der Waals surface area (Å²) in [5, 5.41) is 4.89. The van der Waals surface area contributed by atoms with Gasteiger partial charge in [0.15, 0.2) is 0 Å². The molecular weight excluding hydrogens is 277 g/mol. The molecule has 1 aromatic heterocycles. The van der Waals surface area contributed by atoms with Crippen molar-refractivity contribution < 1.29 is 18.0 Å². The second kappa shape index (κ2) is 5.13. The van der Waals surface area contributed by atoms with Crippen molar-refractivity contribution in [3.05, 3.63) is 22.4 Å². The highest BCUT2D eigenvalue weighted by Crippen LogP contribution is 2.33. The number of carbonyl (C=O) groups is 1. The lowest BCUT2D eigenvalue weighted by molar-refractivity contribution is -0.153. The second-order valence-corrected chi connectivity index (χ2v) is 5.70. The van der Waals surface area contributed by atoms with Crippen molar-refractivity contribution in [3.8, 4) is 0 Å². The second-order valence-electron chi connectivity index (χ2n) is 4.72. The minimum Gasteiger partial charge on any atom is -0.318 e. The van der Waals surface area contributed by atoms with Crippen LogP contribution in [0.4, 0.5) is 13.2 Å². The molecule has 2 heterocycles. The Morgan fingerprint density at radius 2 is 2.21 bits per heavy atom. The van der Waals surface area contributed by atoms with E-state index < -0.39 is 30.8 Å². The van der Waals surface area contributed by atoms with Crippen LogP contribution in [0.25, 0.3) is 0 Å². The van der Waals surface area contributed by atoms with E-state index in [0.29, 0.717) is 0 Å². The zero-order chi connectivity index (χ0) is 14.2. The van der Waals surface area contributed by atoms with Gasteiger partial charge in [-0.05, 0) is 25.3 Å². The fourth-order valence-corrected chi connectivity index (χ4v) is 3.09. The Balaban J connectivity index is 2.21. The number of rotatable bonds is 3. The van der Waals surface area contributed by atoms with Gasteiger partial charge in [-0.2, -0.15) is 13.2 Å². The third-order valence-corrected chi connectivity index (χ3v) is 4.05. The highest BCUT2D eigenvalue weighted by molar-refractivity contribution is 7.10. The summed E-state index contributed by atoms with van der Waals surface area (Å²) in [4.78, 5) is 14.2.